The number of benzene rings is 1. The molecule has 1 N–H and O–H groups in total. The van der Waals surface area contributed by atoms with Gasteiger partial charge in [-0.2, -0.15) is 0 Å². The van der Waals surface area contributed by atoms with E-state index in [-0.39, 0.29) is 5.56 Å². The van der Waals surface area contributed by atoms with Crippen LogP contribution in [0.2, 0.25) is 0 Å². The molecule has 96 valence electrons. The van der Waals surface area contributed by atoms with Crippen molar-refractivity contribution >= 4 is 5.65 Å². The van der Waals surface area contributed by atoms with Gasteiger partial charge < -0.3 is 0 Å². The number of H-pyrrole nitrogens is 1. The molecule has 1 aromatic carbocycles. The number of nitrogens with zero attached hydrogens (tertiary/aromatic N) is 2. The van der Waals surface area contributed by atoms with E-state index in [9.17, 15) is 4.79 Å². The highest BCUT2D eigenvalue weighted by Crippen LogP contribution is 2.18. The predicted octanol–water partition coefficient (Wildman–Crippen LogP) is 2.56. The SMILES string of the molecule is CCc1cc(=O)n2[nH]c(-c3ccc(C)cc3)cc2n1. The van der Waals surface area contributed by atoms with Crippen molar-refractivity contribution in [2.45, 2.75) is 20.3 Å². The molecule has 0 bridgehead atoms. The first kappa shape index (κ1) is 11.7. The monoisotopic (exact) mass is 253 g/mol. The molecule has 4 nitrogen and oxygen atoms in total. The molecule has 0 radical (unpaired) electrons. The van der Waals surface area contributed by atoms with Crippen LogP contribution in [0.15, 0.2) is 41.2 Å². The number of aromatic amines is 1. The Morgan fingerprint density at radius 2 is 1.95 bits per heavy atom. The fourth-order valence-corrected chi connectivity index (χ4v) is 2.10. The molecule has 3 aromatic rings. The molecule has 0 atom stereocenters. The molecule has 4 heteroatoms. The summed E-state index contributed by atoms with van der Waals surface area (Å²) in [6.45, 7) is 4.04. The summed E-state index contributed by atoms with van der Waals surface area (Å²) < 4.78 is 1.48. The zero-order valence-electron chi connectivity index (χ0n) is 11.0. The van der Waals surface area contributed by atoms with Crippen molar-refractivity contribution in [3.05, 3.63) is 58.0 Å². The third-order valence-electron chi connectivity index (χ3n) is 3.23. The third-order valence-corrected chi connectivity index (χ3v) is 3.23. The minimum absolute atomic E-state index is 0.0692. The van der Waals surface area contributed by atoms with Gasteiger partial charge in [0.25, 0.3) is 5.56 Å². The molecule has 0 aliphatic rings. The van der Waals surface area contributed by atoms with E-state index < -0.39 is 0 Å². The van der Waals surface area contributed by atoms with Crippen LogP contribution in [-0.4, -0.2) is 14.6 Å². The van der Waals surface area contributed by atoms with E-state index in [4.69, 9.17) is 0 Å². The fraction of sp³-hybridized carbons (Fsp3) is 0.200. The first-order valence-corrected chi connectivity index (χ1v) is 6.36. The van der Waals surface area contributed by atoms with Gasteiger partial charge in [-0.05, 0) is 18.9 Å². The summed E-state index contributed by atoms with van der Waals surface area (Å²) in [5.74, 6) is 0. The first-order chi connectivity index (χ1) is 9.17. The van der Waals surface area contributed by atoms with E-state index in [1.807, 2.05) is 25.1 Å². The summed E-state index contributed by atoms with van der Waals surface area (Å²) in [5, 5.41) is 3.09. The van der Waals surface area contributed by atoms with Gasteiger partial charge in [0.05, 0.1) is 5.69 Å². The second kappa shape index (κ2) is 4.39. The van der Waals surface area contributed by atoms with Crippen molar-refractivity contribution < 1.29 is 0 Å². The Labute approximate surface area is 110 Å². The highest BCUT2D eigenvalue weighted by Gasteiger charge is 2.07. The number of rotatable bonds is 2. The number of fused-ring (bicyclic) bond motifs is 1. The normalized spacial score (nSPS) is 11.1. The standard InChI is InChI=1S/C15H15N3O/c1-3-12-8-15(19)18-14(16-12)9-13(17-18)11-6-4-10(2)5-7-11/h4-9,17H,3H2,1-2H3. The number of nitrogens with one attached hydrogen (secondary N) is 1. The molecule has 0 unspecified atom stereocenters. The predicted molar refractivity (Wildman–Crippen MR) is 75.4 cm³/mol. The van der Waals surface area contributed by atoms with Crippen molar-refractivity contribution in [3.8, 4) is 11.3 Å². The molecule has 2 aromatic heterocycles. The van der Waals surface area contributed by atoms with E-state index in [1.54, 1.807) is 6.07 Å². The topological polar surface area (TPSA) is 50.2 Å². The van der Waals surface area contributed by atoms with Crippen LogP contribution in [0.5, 0.6) is 0 Å². The smallest absolute Gasteiger partial charge is 0.272 e. The van der Waals surface area contributed by atoms with E-state index in [2.05, 4.69) is 29.1 Å². The lowest BCUT2D eigenvalue weighted by Gasteiger charge is -1.97. The van der Waals surface area contributed by atoms with Crippen LogP contribution in [0.25, 0.3) is 16.9 Å². The Morgan fingerprint density at radius 1 is 1.21 bits per heavy atom. The maximum Gasteiger partial charge on any atom is 0.272 e. The molecule has 3 rings (SSSR count). The van der Waals surface area contributed by atoms with Crippen LogP contribution < -0.4 is 5.56 Å². The summed E-state index contributed by atoms with van der Waals surface area (Å²) in [6, 6.07) is 11.6. The number of hydrogen-bond acceptors (Lipinski definition) is 2. The molecule has 19 heavy (non-hydrogen) atoms. The van der Waals surface area contributed by atoms with Gasteiger partial charge in [-0.15, -0.1) is 0 Å². The Kier molecular flexibility index (Phi) is 2.71. The van der Waals surface area contributed by atoms with Crippen molar-refractivity contribution in [1.82, 2.24) is 14.6 Å². The Hall–Kier alpha value is -2.36. The maximum absolute atomic E-state index is 11.9. The number of aromatic nitrogens is 3. The zero-order valence-corrected chi connectivity index (χ0v) is 11.0. The van der Waals surface area contributed by atoms with Crippen LogP contribution >= 0.6 is 0 Å². The van der Waals surface area contributed by atoms with E-state index >= 15 is 0 Å². The highest BCUT2D eigenvalue weighted by atomic mass is 16.1. The lowest BCUT2D eigenvalue weighted by Crippen LogP contribution is -2.15. The largest absolute Gasteiger partial charge is 0.289 e. The van der Waals surface area contributed by atoms with Crippen molar-refractivity contribution in [2.75, 3.05) is 0 Å². The van der Waals surface area contributed by atoms with Crippen LogP contribution in [0.1, 0.15) is 18.2 Å². The fourth-order valence-electron chi connectivity index (χ4n) is 2.10. The van der Waals surface area contributed by atoms with E-state index in [0.29, 0.717) is 5.65 Å². The molecule has 0 aliphatic carbocycles. The quantitative estimate of drug-likeness (QED) is 0.763. The van der Waals surface area contributed by atoms with Crippen LogP contribution in [0, 0.1) is 6.92 Å². The molecule has 0 saturated carbocycles. The van der Waals surface area contributed by atoms with E-state index in [1.165, 1.54) is 10.1 Å². The van der Waals surface area contributed by atoms with Gasteiger partial charge in [0, 0.05) is 17.8 Å². The third kappa shape index (κ3) is 2.05. The second-order valence-corrected chi connectivity index (χ2v) is 4.67. The van der Waals surface area contributed by atoms with Gasteiger partial charge in [-0.1, -0.05) is 36.8 Å². The van der Waals surface area contributed by atoms with Gasteiger partial charge in [0.1, 0.15) is 0 Å². The first-order valence-electron chi connectivity index (χ1n) is 6.36. The summed E-state index contributed by atoms with van der Waals surface area (Å²) in [5.41, 5.74) is 4.58. The lowest BCUT2D eigenvalue weighted by molar-refractivity contribution is 0.879. The zero-order chi connectivity index (χ0) is 13.4. The number of aryl methyl sites for hydroxylation is 2. The molecule has 0 fully saturated rings. The molecular weight excluding hydrogens is 238 g/mol. The van der Waals surface area contributed by atoms with Crippen LogP contribution in [0.4, 0.5) is 0 Å². The molecular formula is C15H15N3O. The van der Waals surface area contributed by atoms with Gasteiger partial charge in [0.15, 0.2) is 5.65 Å². The average molecular weight is 253 g/mol. The summed E-state index contributed by atoms with van der Waals surface area (Å²) in [6.07, 6.45) is 0.761. The maximum atomic E-state index is 11.9. The Morgan fingerprint density at radius 3 is 2.63 bits per heavy atom. The summed E-state index contributed by atoms with van der Waals surface area (Å²) >= 11 is 0. The van der Waals surface area contributed by atoms with Crippen molar-refractivity contribution in [1.29, 1.82) is 0 Å². The molecule has 0 amide bonds. The summed E-state index contributed by atoms with van der Waals surface area (Å²) in [4.78, 5) is 16.4. The summed E-state index contributed by atoms with van der Waals surface area (Å²) in [7, 11) is 0. The number of hydrogen-bond donors (Lipinski definition) is 1. The van der Waals surface area contributed by atoms with Crippen molar-refractivity contribution in [3.63, 3.8) is 0 Å². The molecule has 0 saturated heterocycles. The van der Waals surface area contributed by atoms with Gasteiger partial charge in [-0.3, -0.25) is 9.89 Å². The minimum atomic E-state index is -0.0692. The van der Waals surface area contributed by atoms with Gasteiger partial charge >= 0.3 is 0 Å². The van der Waals surface area contributed by atoms with Gasteiger partial charge in [-0.25, -0.2) is 9.50 Å². The lowest BCUT2D eigenvalue weighted by atomic mass is 10.1. The minimum Gasteiger partial charge on any atom is -0.289 e. The average Bonchev–Trinajstić information content (AvgIpc) is 2.84. The van der Waals surface area contributed by atoms with Crippen LogP contribution in [0.3, 0.4) is 0 Å². The Bertz CT molecular complexity index is 781. The second-order valence-electron chi connectivity index (χ2n) is 4.67. The Balaban J connectivity index is 2.18. The van der Waals surface area contributed by atoms with Gasteiger partial charge in [0.2, 0.25) is 0 Å². The molecule has 0 spiro atoms. The van der Waals surface area contributed by atoms with Crippen LogP contribution in [-0.2, 0) is 6.42 Å². The molecule has 0 aliphatic heterocycles. The van der Waals surface area contributed by atoms with E-state index in [0.717, 1.165) is 23.4 Å². The molecule has 2 heterocycles. The van der Waals surface area contributed by atoms with Crippen molar-refractivity contribution in [2.24, 2.45) is 0 Å². The highest BCUT2D eigenvalue weighted by molar-refractivity contribution is 5.64.